The van der Waals surface area contributed by atoms with E-state index < -0.39 is 6.04 Å². The predicted octanol–water partition coefficient (Wildman–Crippen LogP) is 3.30. The third-order valence-corrected chi connectivity index (χ3v) is 7.26. The van der Waals surface area contributed by atoms with Crippen LogP contribution in [-0.4, -0.2) is 31.7 Å². The zero-order valence-corrected chi connectivity index (χ0v) is 20.6. The number of aromatic nitrogens is 1. The molecule has 2 aromatic heterocycles. The summed E-state index contributed by atoms with van der Waals surface area (Å²) in [6.45, 7) is 3.61. The van der Waals surface area contributed by atoms with Gasteiger partial charge in [0.25, 0.3) is 5.56 Å². The molecule has 0 saturated heterocycles. The van der Waals surface area contributed by atoms with Gasteiger partial charge >= 0.3 is 0 Å². The molecule has 0 fully saturated rings. The van der Waals surface area contributed by atoms with Gasteiger partial charge in [-0.3, -0.25) is 14.2 Å². The molecule has 1 aliphatic heterocycles. The fourth-order valence-corrected chi connectivity index (χ4v) is 5.71. The number of hydrogen-bond donors (Lipinski definition) is 0. The van der Waals surface area contributed by atoms with Gasteiger partial charge in [-0.2, -0.15) is 0 Å². The molecule has 0 N–H and O–H groups in total. The quantitative estimate of drug-likeness (QED) is 0.514. The second-order valence-corrected chi connectivity index (χ2v) is 9.32. The number of ether oxygens (including phenoxy) is 3. The molecular weight excluding hydrogens is 460 g/mol. The Labute approximate surface area is 198 Å². The second kappa shape index (κ2) is 9.36. The summed E-state index contributed by atoms with van der Waals surface area (Å²) in [5, 5.41) is 1.96. The number of ketones is 1. The molecule has 0 amide bonds. The lowest BCUT2D eigenvalue weighted by Gasteiger charge is -2.26. The SMILES string of the molecule is CCC(=O)C1=C(C)N=c2s/c(=C\c3cccs3)c(=O)n2C1c1cc(OC)c(OC)c(OC)c1. The van der Waals surface area contributed by atoms with Gasteiger partial charge in [-0.15, -0.1) is 11.3 Å². The first-order valence-corrected chi connectivity index (χ1v) is 12.0. The molecule has 1 aliphatic rings. The summed E-state index contributed by atoms with van der Waals surface area (Å²) in [6, 6.07) is 6.80. The molecule has 33 heavy (non-hydrogen) atoms. The third kappa shape index (κ3) is 4.02. The fraction of sp³-hybridized carbons (Fsp3) is 0.292. The molecule has 9 heteroatoms. The Balaban J connectivity index is 2.03. The van der Waals surface area contributed by atoms with E-state index in [-0.39, 0.29) is 11.3 Å². The summed E-state index contributed by atoms with van der Waals surface area (Å²) in [7, 11) is 4.60. The van der Waals surface area contributed by atoms with Gasteiger partial charge in [-0.05, 0) is 42.1 Å². The minimum absolute atomic E-state index is 0.0671. The van der Waals surface area contributed by atoms with E-state index in [1.807, 2.05) is 30.5 Å². The average molecular weight is 485 g/mol. The number of nitrogens with zero attached hydrogens (tertiary/aromatic N) is 2. The van der Waals surface area contributed by atoms with E-state index in [0.717, 1.165) is 4.88 Å². The van der Waals surface area contributed by atoms with Crippen molar-refractivity contribution >= 4 is 34.5 Å². The van der Waals surface area contributed by atoms with Gasteiger partial charge in [0.15, 0.2) is 22.1 Å². The van der Waals surface area contributed by atoms with E-state index in [1.165, 1.54) is 32.7 Å². The monoisotopic (exact) mass is 484 g/mol. The van der Waals surface area contributed by atoms with Gasteiger partial charge in [-0.25, -0.2) is 4.99 Å². The van der Waals surface area contributed by atoms with Crippen molar-refractivity contribution < 1.29 is 19.0 Å². The Morgan fingerprint density at radius 1 is 1.18 bits per heavy atom. The van der Waals surface area contributed by atoms with Gasteiger partial charge in [0.2, 0.25) is 5.75 Å². The lowest BCUT2D eigenvalue weighted by atomic mass is 9.91. The van der Waals surface area contributed by atoms with Gasteiger partial charge in [0.05, 0.1) is 31.9 Å². The molecule has 0 bridgehead atoms. The molecule has 0 aliphatic carbocycles. The van der Waals surface area contributed by atoms with Crippen LogP contribution in [0.4, 0.5) is 0 Å². The summed E-state index contributed by atoms with van der Waals surface area (Å²) in [4.78, 5) is 32.8. The highest BCUT2D eigenvalue weighted by Crippen LogP contribution is 2.42. The highest BCUT2D eigenvalue weighted by atomic mass is 32.1. The van der Waals surface area contributed by atoms with E-state index >= 15 is 0 Å². The molecule has 0 radical (unpaired) electrons. The molecule has 3 aromatic rings. The van der Waals surface area contributed by atoms with E-state index in [1.54, 1.807) is 35.0 Å². The van der Waals surface area contributed by atoms with Crippen LogP contribution in [0, 0.1) is 0 Å². The van der Waals surface area contributed by atoms with Crippen molar-refractivity contribution in [3.05, 3.63) is 71.0 Å². The number of methoxy groups -OCH3 is 3. The van der Waals surface area contributed by atoms with Crippen LogP contribution in [-0.2, 0) is 4.79 Å². The number of hydrogen-bond acceptors (Lipinski definition) is 8. The maximum atomic E-state index is 13.6. The zero-order chi connectivity index (χ0) is 23.7. The molecule has 3 heterocycles. The van der Waals surface area contributed by atoms with Crippen LogP contribution in [0.3, 0.4) is 0 Å². The van der Waals surface area contributed by atoms with Crippen molar-refractivity contribution in [1.29, 1.82) is 0 Å². The Kier molecular flexibility index (Phi) is 6.53. The zero-order valence-electron chi connectivity index (χ0n) is 19.0. The number of rotatable bonds is 7. The molecule has 0 spiro atoms. The summed E-state index contributed by atoms with van der Waals surface area (Å²) in [6.07, 6.45) is 2.16. The minimum atomic E-state index is -0.659. The number of carbonyl (C=O) groups is 1. The standard InChI is InChI=1S/C24H24N2O5S2/c1-6-16(27)20-13(2)25-24-26(23(28)19(33-24)12-15-8-7-9-32-15)21(20)14-10-17(29-3)22(31-5)18(11-14)30-4/h7-12,21H,6H2,1-5H3/b19-12-. The van der Waals surface area contributed by atoms with Crippen LogP contribution in [0.2, 0.25) is 0 Å². The average Bonchev–Trinajstić information content (AvgIpc) is 3.44. The van der Waals surface area contributed by atoms with Gasteiger partial charge in [0, 0.05) is 22.6 Å². The first-order valence-electron chi connectivity index (χ1n) is 10.3. The third-order valence-electron chi connectivity index (χ3n) is 5.46. The Bertz CT molecular complexity index is 1390. The molecule has 172 valence electrons. The maximum Gasteiger partial charge on any atom is 0.271 e. The van der Waals surface area contributed by atoms with Gasteiger partial charge in [0.1, 0.15) is 0 Å². The highest BCUT2D eigenvalue weighted by molar-refractivity contribution is 7.11. The Morgan fingerprint density at radius 2 is 1.88 bits per heavy atom. The van der Waals surface area contributed by atoms with Crippen molar-refractivity contribution in [3.8, 4) is 17.2 Å². The van der Waals surface area contributed by atoms with E-state index in [2.05, 4.69) is 4.99 Å². The van der Waals surface area contributed by atoms with Crippen LogP contribution in [0.5, 0.6) is 17.2 Å². The second-order valence-electron chi connectivity index (χ2n) is 7.33. The van der Waals surface area contributed by atoms with E-state index in [0.29, 0.717) is 49.8 Å². The number of fused-ring (bicyclic) bond motifs is 1. The lowest BCUT2D eigenvalue weighted by Crippen LogP contribution is -2.39. The molecular formula is C24H24N2O5S2. The lowest BCUT2D eigenvalue weighted by molar-refractivity contribution is -0.115. The first kappa shape index (κ1) is 23.0. The van der Waals surface area contributed by atoms with Gasteiger partial charge < -0.3 is 14.2 Å². The number of Topliss-reactive ketones (excluding diaryl/α,β-unsaturated/α-hetero) is 1. The number of carbonyl (C=O) groups excluding carboxylic acids is 1. The van der Waals surface area contributed by atoms with Crippen molar-refractivity contribution in [2.24, 2.45) is 4.99 Å². The van der Waals surface area contributed by atoms with Crippen LogP contribution in [0.25, 0.3) is 6.08 Å². The van der Waals surface area contributed by atoms with Crippen LogP contribution in [0.15, 0.2) is 50.7 Å². The Hall–Kier alpha value is -3.17. The molecule has 1 aromatic carbocycles. The maximum absolute atomic E-state index is 13.6. The van der Waals surface area contributed by atoms with Crippen molar-refractivity contribution in [2.75, 3.05) is 21.3 Å². The number of thiophene rings is 1. The molecule has 7 nitrogen and oxygen atoms in total. The van der Waals surface area contributed by atoms with E-state index in [9.17, 15) is 9.59 Å². The largest absolute Gasteiger partial charge is 0.493 e. The summed E-state index contributed by atoms with van der Waals surface area (Å²) in [5.41, 5.74) is 1.57. The molecule has 0 saturated carbocycles. The topological polar surface area (TPSA) is 79.1 Å². The normalized spacial score (nSPS) is 15.8. The summed E-state index contributed by atoms with van der Waals surface area (Å²) in [5.74, 6) is 1.27. The van der Waals surface area contributed by atoms with Crippen LogP contribution >= 0.6 is 22.7 Å². The van der Waals surface area contributed by atoms with Gasteiger partial charge in [-0.1, -0.05) is 24.3 Å². The summed E-state index contributed by atoms with van der Waals surface area (Å²) < 4.78 is 18.7. The predicted molar refractivity (Wildman–Crippen MR) is 129 cm³/mol. The minimum Gasteiger partial charge on any atom is -0.493 e. The number of allylic oxidation sites excluding steroid dienone is 2. The van der Waals surface area contributed by atoms with Crippen molar-refractivity contribution in [1.82, 2.24) is 4.57 Å². The molecule has 1 unspecified atom stereocenters. The Morgan fingerprint density at radius 3 is 2.42 bits per heavy atom. The highest BCUT2D eigenvalue weighted by Gasteiger charge is 2.33. The first-order chi connectivity index (χ1) is 15.9. The number of thiazole rings is 1. The summed E-state index contributed by atoms with van der Waals surface area (Å²) >= 11 is 2.87. The number of benzene rings is 1. The van der Waals surface area contributed by atoms with Crippen molar-refractivity contribution in [2.45, 2.75) is 26.3 Å². The van der Waals surface area contributed by atoms with Crippen molar-refractivity contribution in [3.63, 3.8) is 0 Å². The van der Waals surface area contributed by atoms with Crippen LogP contribution in [0.1, 0.15) is 36.8 Å². The molecule has 1 atom stereocenters. The smallest absolute Gasteiger partial charge is 0.271 e. The fourth-order valence-electron chi connectivity index (χ4n) is 3.95. The van der Waals surface area contributed by atoms with Crippen LogP contribution < -0.4 is 29.1 Å². The molecule has 4 rings (SSSR count). The van der Waals surface area contributed by atoms with E-state index in [4.69, 9.17) is 14.2 Å².